The van der Waals surface area contributed by atoms with Gasteiger partial charge in [0.2, 0.25) is 5.91 Å². The van der Waals surface area contributed by atoms with Crippen LogP contribution in [-0.4, -0.2) is 47.9 Å². The maximum Gasteiger partial charge on any atom is 0.240 e. The highest BCUT2D eigenvalue weighted by atomic mass is 16.6. The zero-order valence-electron chi connectivity index (χ0n) is 10.8. The summed E-state index contributed by atoms with van der Waals surface area (Å²) in [6.07, 6.45) is 1.65. The Kier molecular flexibility index (Phi) is 4.33. The Hall–Kier alpha value is -1.40. The van der Waals surface area contributed by atoms with Crippen LogP contribution in [0.4, 0.5) is 0 Å². The molecule has 1 aliphatic heterocycles. The van der Waals surface area contributed by atoms with Gasteiger partial charge in [0.05, 0.1) is 37.9 Å². The molecule has 0 aromatic carbocycles. The van der Waals surface area contributed by atoms with E-state index >= 15 is 0 Å². The van der Waals surface area contributed by atoms with Gasteiger partial charge in [-0.15, -0.1) is 0 Å². The van der Waals surface area contributed by atoms with E-state index in [4.69, 9.17) is 9.47 Å². The number of hydrogen-bond acceptors (Lipinski definition) is 4. The van der Waals surface area contributed by atoms with Crippen molar-refractivity contribution in [2.75, 3.05) is 26.4 Å². The smallest absolute Gasteiger partial charge is 0.240 e. The second kappa shape index (κ2) is 5.97. The van der Waals surface area contributed by atoms with Gasteiger partial charge in [-0.25, -0.2) is 4.98 Å². The standard InChI is InChI=1S/C12H19N3O3/c1-9-10(2)15(8-14-9)6-12(16)13-5-11-7-17-3-4-18-11/h8,11H,3-7H2,1-2H3,(H,13,16). The van der Waals surface area contributed by atoms with Crippen molar-refractivity contribution in [1.82, 2.24) is 14.9 Å². The zero-order valence-corrected chi connectivity index (χ0v) is 10.8. The molecule has 0 saturated carbocycles. The normalized spacial score (nSPS) is 19.8. The molecule has 6 heteroatoms. The zero-order chi connectivity index (χ0) is 13.0. The average molecular weight is 253 g/mol. The molecule has 0 bridgehead atoms. The maximum atomic E-state index is 11.8. The second-order valence-electron chi connectivity index (χ2n) is 4.42. The first-order valence-corrected chi connectivity index (χ1v) is 6.11. The van der Waals surface area contributed by atoms with Crippen LogP contribution in [0.2, 0.25) is 0 Å². The number of nitrogens with one attached hydrogen (secondary N) is 1. The van der Waals surface area contributed by atoms with E-state index in [0.717, 1.165) is 11.4 Å². The molecule has 1 amide bonds. The summed E-state index contributed by atoms with van der Waals surface area (Å²) in [4.78, 5) is 15.9. The summed E-state index contributed by atoms with van der Waals surface area (Å²) < 4.78 is 12.5. The second-order valence-corrected chi connectivity index (χ2v) is 4.42. The summed E-state index contributed by atoms with van der Waals surface area (Å²) in [6.45, 7) is 6.44. The monoisotopic (exact) mass is 253 g/mol. The molecule has 1 saturated heterocycles. The van der Waals surface area contributed by atoms with E-state index in [1.807, 2.05) is 18.4 Å². The SMILES string of the molecule is Cc1ncn(CC(=O)NCC2COCCO2)c1C. The number of aromatic nitrogens is 2. The van der Waals surface area contributed by atoms with E-state index < -0.39 is 0 Å². The van der Waals surface area contributed by atoms with E-state index in [1.165, 1.54) is 0 Å². The van der Waals surface area contributed by atoms with Crippen molar-refractivity contribution in [2.45, 2.75) is 26.5 Å². The Bertz CT molecular complexity index is 411. The third-order valence-electron chi connectivity index (χ3n) is 3.07. The van der Waals surface area contributed by atoms with Crippen molar-refractivity contribution in [1.29, 1.82) is 0 Å². The molecular weight excluding hydrogens is 234 g/mol. The van der Waals surface area contributed by atoms with Crippen molar-refractivity contribution >= 4 is 5.91 Å². The lowest BCUT2D eigenvalue weighted by Gasteiger charge is -2.23. The van der Waals surface area contributed by atoms with Crippen molar-refractivity contribution in [3.05, 3.63) is 17.7 Å². The van der Waals surface area contributed by atoms with Crippen LogP contribution in [0.15, 0.2) is 6.33 Å². The largest absolute Gasteiger partial charge is 0.376 e. The summed E-state index contributed by atoms with van der Waals surface area (Å²) in [6, 6.07) is 0. The fourth-order valence-electron chi connectivity index (χ4n) is 1.80. The minimum absolute atomic E-state index is 0.0340. The van der Waals surface area contributed by atoms with Gasteiger partial charge >= 0.3 is 0 Å². The topological polar surface area (TPSA) is 65.4 Å². The van der Waals surface area contributed by atoms with Gasteiger partial charge in [0.15, 0.2) is 0 Å². The van der Waals surface area contributed by atoms with Crippen LogP contribution in [-0.2, 0) is 20.8 Å². The van der Waals surface area contributed by atoms with Crippen LogP contribution >= 0.6 is 0 Å². The van der Waals surface area contributed by atoms with Crippen molar-refractivity contribution < 1.29 is 14.3 Å². The number of aryl methyl sites for hydroxylation is 1. The molecule has 0 spiro atoms. The Balaban J connectivity index is 1.76. The quantitative estimate of drug-likeness (QED) is 0.822. The molecule has 0 radical (unpaired) electrons. The van der Waals surface area contributed by atoms with Crippen LogP contribution in [0, 0.1) is 13.8 Å². The van der Waals surface area contributed by atoms with E-state index in [9.17, 15) is 4.79 Å². The minimum Gasteiger partial charge on any atom is -0.376 e. The van der Waals surface area contributed by atoms with Crippen molar-refractivity contribution in [3.63, 3.8) is 0 Å². The lowest BCUT2D eigenvalue weighted by molar-refractivity contribution is -0.124. The van der Waals surface area contributed by atoms with Crippen LogP contribution < -0.4 is 5.32 Å². The molecule has 1 aliphatic rings. The number of amides is 1. The highest BCUT2D eigenvalue weighted by Gasteiger charge is 2.15. The van der Waals surface area contributed by atoms with E-state index in [-0.39, 0.29) is 12.0 Å². The fourth-order valence-corrected chi connectivity index (χ4v) is 1.80. The number of nitrogens with zero attached hydrogens (tertiary/aromatic N) is 2. The molecule has 1 aromatic rings. The third-order valence-corrected chi connectivity index (χ3v) is 3.07. The minimum atomic E-state index is -0.0373. The van der Waals surface area contributed by atoms with Gasteiger partial charge < -0.3 is 19.4 Å². The Morgan fingerprint density at radius 1 is 1.56 bits per heavy atom. The molecular formula is C12H19N3O3. The first-order chi connectivity index (χ1) is 8.66. The highest BCUT2D eigenvalue weighted by Crippen LogP contribution is 2.03. The van der Waals surface area contributed by atoms with E-state index in [1.54, 1.807) is 6.33 Å². The number of ether oxygens (including phenoxy) is 2. The Morgan fingerprint density at radius 3 is 3.00 bits per heavy atom. The number of rotatable bonds is 4. The molecule has 1 unspecified atom stereocenters. The van der Waals surface area contributed by atoms with Gasteiger partial charge in [0.25, 0.3) is 0 Å². The first kappa shape index (κ1) is 13.0. The van der Waals surface area contributed by atoms with E-state index in [2.05, 4.69) is 10.3 Å². The molecule has 100 valence electrons. The molecule has 6 nitrogen and oxygen atoms in total. The predicted molar refractivity (Wildman–Crippen MR) is 65.3 cm³/mol. The van der Waals surface area contributed by atoms with Crippen LogP contribution in [0.1, 0.15) is 11.4 Å². The van der Waals surface area contributed by atoms with Gasteiger partial charge in [-0.05, 0) is 13.8 Å². The highest BCUT2D eigenvalue weighted by molar-refractivity contribution is 5.75. The van der Waals surface area contributed by atoms with Crippen LogP contribution in [0.3, 0.4) is 0 Å². The summed E-state index contributed by atoms with van der Waals surface area (Å²) in [5.41, 5.74) is 1.97. The molecule has 1 fully saturated rings. The molecule has 1 aromatic heterocycles. The van der Waals surface area contributed by atoms with Gasteiger partial charge in [0.1, 0.15) is 6.54 Å². The first-order valence-electron chi connectivity index (χ1n) is 6.11. The molecule has 1 N–H and O–H groups in total. The molecule has 1 atom stereocenters. The molecule has 0 aliphatic carbocycles. The van der Waals surface area contributed by atoms with Crippen molar-refractivity contribution in [3.8, 4) is 0 Å². The third kappa shape index (κ3) is 3.30. The Morgan fingerprint density at radius 2 is 2.39 bits per heavy atom. The molecule has 2 heterocycles. The molecule has 2 rings (SSSR count). The van der Waals surface area contributed by atoms with Crippen molar-refractivity contribution in [2.24, 2.45) is 0 Å². The summed E-state index contributed by atoms with van der Waals surface area (Å²) >= 11 is 0. The fraction of sp³-hybridized carbons (Fsp3) is 0.667. The predicted octanol–water partition coefficient (Wildman–Crippen LogP) is 0.0315. The van der Waals surface area contributed by atoms with Gasteiger partial charge in [-0.1, -0.05) is 0 Å². The van der Waals surface area contributed by atoms with Gasteiger partial charge in [-0.2, -0.15) is 0 Å². The van der Waals surface area contributed by atoms with Gasteiger partial charge in [0, 0.05) is 12.2 Å². The summed E-state index contributed by atoms with van der Waals surface area (Å²) in [5, 5.41) is 2.84. The number of imidazole rings is 1. The molecule has 18 heavy (non-hydrogen) atoms. The number of hydrogen-bond donors (Lipinski definition) is 1. The van der Waals surface area contributed by atoms with Gasteiger partial charge in [-0.3, -0.25) is 4.79 Å². The Labute approximate surface area is 106 Å². The van der Waals surface area contributed by atoms with Crippen LogP contribution in [0.5, 0.6) is 0 Å². The number of carbonyl (C=O) groups is 1. The lowest BCUT2D eigenvalue weighted by atomic mass is 10.3. The van der Waals surface area contributed by atoms with Crippen LogP contribution in [0.25, 0.3) is 0 Å². The summed E-state index contributed by atoms with van der Waals surface area (Å²) in [7, 11) is 0. The average Bonchev–Trinajstić information content (AvgIpc) is 2.70. The summed E-state index contributed by atoms with van der Waals surface area (Å²) in [5.74, 6) is -0.0373. The maximum absolute atomic E-state index is 11.8. The lowest BCUT2D eigenvalue weighted by Crippen LogP contribution is -2.40. The van der Waals surface area contributed by atoms with E-state index in [0.29, 0.717) is 32.9 Å². The number of carbonyl (C=O) groups excluding carboxylic acids is 1.